The van der Waals surface area contributed by atoms with E-state index in [4.69, 9.17) is 11.6 Å². The second-order valence-corrected chi connectivity index (χ2v) is 4.40. The Bertz CT molecular complexity index is 148. The van der Waals surface area contributed by atoms with Crippen LogP contribution in [-0.4, -0.2) is 13.1 Å². The highest BCUT2D eigenvalue weighted by atomic mass is 35.5. The fourth-order valence-corrected chi connectivity index (χ4v) is 2.04. The summed E-state index contributed by atoms with van der Waals surface area (Å²) in [6.07, 6.45) is 7.58. The van der Waals surface area contributed by atoms with Crippen molar-refractivity contribution >= 4 is 11.6 Å². The van der Waals surface area contributed by atoms with Crippen molar-refractivity contribution in [2.75, 3.05) is 13.1 Å². The third kappa shape index (κ3) is 4.68. The Morgan fingerprint density at radius 1 is 1.31 bits per heavy atom. The van der Waals surface area contributed by atoms with Crippen LogP contribution in [0.1, 0.15) is 32.6 Å². The first-order valence-electron chi connectivity index (χ1n) is 5.29. The number of hydrogen-bond donors (Lipinski definition) is 1. The summed E-state index contributed by atoms with van der Waals surface area (Å²) in [6, 6.07) is 0. The quantitative estimate of drug-likeness (QED) is 0.690. The van der Waals surface area contributed by atoms with Crippen LogP contribution in [0.2, 0.25) is 0 Å². The van der Waals surface area contributed by atoms with Crippen LogP contribution < -0.4 is 5.32 Å². The zero-order valence-electron chi connectivity index (χ0n) is 8.43. The summed E-state index contributed by atoms with van der Waals surface area (Å²) in [5.74, 6) is 1.86. The minimum atomic E-state index is 0.903. The van der Waals surface area contributed by atoms with Crippen molar-refractivity contribution in [3.8, 4) is 0 Å². The highest BCUT2D eigenvalue weighted by Crippen LogP contribution is 2.27. The van der Waals surface area contributed by atoms with Crippen LogP contribution in [0.4, 0.5) is 0 Å². The van der Waals surface area contributed by atoms with Crippen molar-refractivity contribution < 1.29 is 0 Å². The van der Waals surface area contributed by atoms with E-state index < -0.39 is 0 Å². The molecule has 1 aliphatic rings. The molecule has 1 rings (SSSR count). The molecule has 0 aliphatic heterocycles. The van der Waals surface area contributed by atoms with Crippen molar-refractivity contribution in [1.29, 1.82) is 0 Å². The normalized spacial score (nSPS) is 29.7. The molecule has 76 valence electrons. The van der Waals surface area contributed by atoms with Gasteiger partial charge < -0.3 is 5.32 Å². The molecule has 0 radical (unpaired) electrons. The summed E-state index contributed by atoms with van der Waals surface area (Å²) >= 11 is 5.42. The maximum atomic E-state index is 5.42. The van der Waals surface area contributed by atoms with Crippen molar-refractivity contribution in [2.24, 2.45) is 11.8 Å². The molecule has 1 fully saturated rings. The van der Waals surface area contributed by atoms with Gasteiger partial charge in [0.15, 0.2) is 0 Å². The van der Waals surface area contributed by atoms with Crippen LogP contribution in [-0.2, 0) is 0 Å². The molecule has 0 amide bonds. The molecule has 0 unspecified atom stereocenters. The molecule has 0 heterocycles. The Hall–Kier alpha value is -0.0100. The van der Waals surface area contributed by atoms with Gasteiger partial charge >= 0.3 is 0 Å². The third-order valence-corrected chi connectivity index (χ3v) is 3.10. The first-order valence-corrected chi connectivity index (χ1v) is 5.72. The van der Waals surface area contributed by atoms with E-state index in [1.54, 1.807) is 5.54 Å². The Morgan fingerprint density at radius 3 is 2.62 bits per heavy atom. The molecule has 13 heavy (non-hydrogen) atoms. The molecule has 0 atom stereocenters. The highest BCUT2D eigenvalue weighted by molar-refractivity contribution is 6.25. The largest absolute Gasteiger partial charge is 0.313 e. The van der Waals surface area contributed by atoms with E-state index in [0.717, 1.165) is 24.9 Å². The van der Waals surface area contributed by atoms with Gasteiger partial charge in [-0.25, -0.2) is 0 Å². The van der Waals surface area contributed by atoms with Crippen molar-refractivity contribution in [1.82, 2.24) is 5.32 Å². The van der Waals surface area contributed by atoms with E-state index in [0.29, 0.717) is 0 Å². The molecule has 0 spiro atoms. The van der Waals surface area contributed by atoms with Crippen LogP contribution >= 0.6 is 11.6 Å². The lowest BCUT2D eigenvalue weighted by Crippen LogP contribution is -2.26. The summed E-state index contributed by atoms with van der Waals surface area (Å²) in [5, 5.41) is 3.40. The average Bonchev–Trinajstić information content (AvgIpc) is 2.15. The molecular formula is C11H20ClN. The van der Waals surface area contributed by atoms with Gasteiger partial charge in [-0.2, -0.15) is 0 Å². The lowest BCUT2D eigenvalue weighted by Gasteiger charge is -2.26. The van der Waals surface area contributed by atoms with Crippen molar-refractivity contribution in [3.63, 3.8) is 0 Å². The second-order valence-electron chi connectivity index (χ2n) is 4.15. The summed E-state index contributed by atoms with van der Waals surface area (Å²) < 4.78 is 0. The highest BCUT2D eigenvalue weighted by Gasteiger charge is 2.17. The minimum absolute atomic E-state index is 0.903. The smallest absolute Gasteiger partial charge is 0.0146 e. The zero-order valence-corrected chi connectivity index (χ0v) is 9.19. The minimum Gasteiger partial charge on any atom is -0.313 e. The van der Waals surface area contributed by atoms with Gasteiger partial charge in [0.2, 0.25) is 0 Å². The van der Waals surface area contributed by atoms with E-state index in [2.05, 4.69) is 12.2 Å². The van der Waals surface area contributed by atoms with E-state index in [-0.39, 0.29) is 0 Å². The van der Waals surface area contributed by atoms with Crippen LogP contribution in [0, 0.1) is 11.8 Å². The Morgan fingerprint density at radius 2 is 2.00 bits per heavy atom. The van der Waals surface area contributed by atoms with E-state index >= 15 is 0 Å². The SMILES string of the molecule is CC1CCC(CNC/C=C/Cl)CC1. The predicted octanol–water partition coefficient (Wildman–Crippen LogP) is 3.15. The summed E-state index contributed by atoms with van der Waals surface area (Å²) in [6.45, 7) is 4.43. The zero-order chi connectivity index (χ0) is 9.52. The predicted molar refractivity (Wildman–Crippen MR) is 59.0 cm³/mol. The van der Waals surface area contributed by atoms with E-state index in [1.165, 1.54) is 25.7 Å². The molecule has 2 heteroatoms. The maximum Gasteiger partial charge on any atom is 0.0146 e. The first kappa shape index (κ1) is 11.1. The molecule has 0 aromatic heterocycles. The number of halogens is 1. The van der Waals surface area contributed by atoms with Gasteiger partial charge in [-0.15, -0.1) is 0 Å². The van der Waals surface area contributed by atoms with E-state index in [1.807, 2.05) is 6.08 Å². The average molecular weight is 202 g/mol. The van der Waals surface area contributed by atoms with E-state index in [9.17, 15) is 0 Å². The molecule has 1 N–H and O–H groups in total. The van der Waals surface area contributed by atoms with Crippen molar-refractivity contribution in [2.45, 2.75) is 32.6 Å². The fourth-order valence-electron chi connectivity index (χ4n) is 1.95. The summed E-state index contributed by atoms with van der Waals surface area (Å²) in [4.78, 5) is 0. The lowest BCUT2D eigenvalue weighted by atomic mass is 9.83. The molecule has 0 aromatic carbocycles. The van der Waals surface area contributed by atoms with Gasteiger partial charge in [-0.3, -0.25) is 0 Å². The number of rotatable bonds is 4. The topological polar surface area (TPSA) is 12.0 Å². The fraction of sp³-hybridized carbons (Fsp3) is 0.818. The molecule has 1 nitrogen and oxygen atoms in total. The molecule has 0 aromatic rings. The Balaban J connectivity index is 2.02. The second kappa shape index (κ2) is 6.44. The summed E-state index contributed by atoms with van der Waals surface area (Å²) in [5.41, 5.74) is 1.58. The molecular weight excluding hydrogens is 182 g/mol. The van der Waals surface area contributed by atoms with Gasteiger partial charge in [0, 0.05) is 12.1 Å². The van der Waals surface area contributed by atoms with Gasteiger partial charge in [0.25, 0.3) is 0 Å². The number of hydrogen-bond acceptors (Lipinski definition) is 1. The van der Waals surface area contributed by atoms with Gasteiger partial charge in [-0.1, -0.05) is 37.4 Å². The molecule has 0 saturated heterocycles. The molecule has 1 aliphatic carbocycles. The van der Waals surface area contributed by atoms with Gasteiger partial charge in [-0.05, 0) is 31.2 Å². The number of nitrogens with one attached hydrogen (secondary N) is 1. The molecule has 1 saturated carbocycles. The van der Waals surface area contributed by atoms with Gasteiger partial charge in [0.05, 0.1) is 0 Å². The first-order chi connectivity index (χ1) is 6.33. The van der Waals surface area contributed by atoms with Crippen LogP contribution in [0.25, 0.3) is 0 Å². The van der Waals surface area contributed by atoms with Crippen LogP contribution in [0.5, 0.6) is 0 Å². The van der Waals surface area contributed by atoms with Crippen LogP contribution in [0.15, 0.2) is 11.6 Å². The molecule has 0 bridgehead atoms. The van der Waals surface area contributed by atoms with Gasteiger partial charge in [0.1, 0.15) is 0 Å². The van der Waals surface area contributed by atoms with Crippen molar-refractivity contribution in [3.05, 3.63) is 11.6 Å². The Labute approximate surface area is 86.5 Å². The Kier molecular flexibility index (Phi) is 5.49. The monoisotopic (exact) mass is 201 g/mol. The third-order valence-electron chi connectivity index (χ3n) is 2.92. The summed E-state index contributed by atoms with van der Waals surface area (Å²) in [7, 11) is 0. The lowest BCUT2D eigenvalue weighted by molar-refractivity contribution is 0.284. The van der Waals surface area contributed by atoms with Crippen LogP contribution in [0.3, 0.4) is 0 Å². The standard InChI is InChI=1S/C11H20ClN/c1-10-3-5-11(6-4-10)9-13-8-2-7-12/h2,7,10-11,13H,3-6,8-9H2,1H3/b7-2+. The maximum absolute atomic E-state index is 5.42.